The van der Waals surface area contributed by atoms with Gasteiger partial charge in [0.15, 0.2) is 9.84 Å². The second kappa shape index (κ2) is 7.99. The van der Waals surface area contributed by atoms with E-state index < -0.39 is 15.1 Å². The van der Waals surface area contributed by atoms with E-state index in [0.717, 1.165) is 11.3 Å². The topological polar surface area (TPSA) is 76.1 Å². The molecule has 0 aliphatic rings. The van der Waals surface area contributed by atoms with Gasteiger partial charge in [-0.1, -0.05) is 29.8 Å². The SMILES string of the molecule is O=C(NC[C@@H](c1ccc(Cl)cc1)S(=O)(=O)c1cccs1)c1ccncc1. The Morgan fingerprint density at radius 2 is 1.81 bits per heavy atom. The maximum atomic E-state index is 13.0. The molecule has 2 heterocycles. The summed E-state index contributed by atoms with van der Waals surface area (Å²) in [5.41, 5.74) is 0.987. The van der Waals surface area contributed by atoms with Crippen LogP contribution < -0.4 is 5.32 Å². The normalized spacial score (nSPS) is 12.5. The van der Waals surface area contributed by atoms with Gasteiger partial charge in [0.2, 0.25) is 0 Å². The highest BCUT2D eigenvalue weighted by Crippen LogP contribution is 2.31. The van der Waals surface area contributed by atoms with Crippen LogP contribution in [0.15, 0.2) is 70.5 Å². The van der Waals surface area contributed by atoms with Gasteiger partial charge in [-0.2, -0.15) is 0 Å². The lowest BCUT2D eigenvalue weighted by atomic mass is 10.1. The van der Waals surface area contributed by atoms with Crippen LogP contribution in [-0.2, 0) is 9.84 Å². The number of sulfone groups is 1. The molecule has 1 amide bonds. The van der Waals surface area contributed by atoms with Gasteiger partial charge < -0.3 is 5.32 Å². The highest BCUT2D eigenvalue weighted by molar-refractivity contribution is 7.93. The molecule has 0 aliphatic heterocycles. The second-order valence-corrected chi connectivity index (χ2v) is 9.20. The van der Waals surface area contributed by atoms with Crippen LogP contribution in [0.1, 0.15) is 21.2 Å². The molecular formula is C18H15ClN2O3S2. The van der Waals surface area contributed by atoms with Crippen molar-refractivity contribution in [3.05, 3.63) is 82.5 Å². The number of rotatable bonds is 6. The van der Waals surface area contributed by atoms with Crippen molar-refractivity contribution in [2.75, 3.05) is 6.54 Å². The molecule has 0 saturated heterocycles. The Kier molecular flexibility index (Phi) is 5.70. The number of nitrogens with zero attached hydrogens (tertiary/aromatic N) is 1. The van der Waals surface area contributed by atoms with E-state index in [2.05, 4.69) is 10.3 Å². The van der Waals surface area contributed by atoms with Crippen molar-refractivity contribution in [2.45, 2.75) is 9.46 Å². The summed E-state index contributed by atoms with van der Waals surface area (Å²) in [5.74, 6) is -0.354. The Balaban J connectivity index is 1.89. The van der Waals surface area contributed by atoms with Crippen LogP contribution in [0.2, 0.25) is 5.02 Å². The molecule has 1 atom stereocenters. The minimum absolute atomic E-state index is 0.0526. The second-order valence-electron chi connectivity index (χ2n) is 5.46. The average Bonchev–Trinajstić information content (AvgIpc) is 3.19. The van der Waals surface area contributed by atoms with E-state index in [0.29, 0.717) is 16.1 Å². The van der Waals surface area contributed by atoms with Gasteiger partial charge in [-0.15, -0.1) is 11.3 Å². The first-order valence-electron chi connectivity index (χ1n) is 7.69. The quantitative estimate of drug-likeness (QED) is 0.676. The van der Waals surface area contributed by atoms with Gasteiger partial charge >= 0.3 is 0 Å². The molecule has 26 heavy (non-hydrogen) atoms. The summed E-state index contributed by atoms with van der Waals surface area (Å²) >= 11 is 7.07. The Bertz CT molecular complexity index is 973. The minimum Gasteiger partial charge on any atom is -0.350 e. The van der Waals surface area contributed by atoms with Crippen LogP contribution >= 0.6 is 22.9 Å². The lowest BCUT2D eigenvalue weighted by Gasteiger charge is -2.18. The predicted octanol–water partition coefficient (Wildman–Crippen LogP) is 3.74. The Hall–Kier alpha value is -2.22. The van der Waals surface area contributed by atoms with E-state index in [1.807, 2.05) is 0 Å². The molecule has 134 valence electrons. The number of benzene rings is 1. The molecule has 0 radical (unpaired) electrons. The molecule has 3 aromatic rings. The number of thiophene rings is 1. The maximum absolute atomic E-state index is 13.0. The number of nitrogens with one attached hydrogen (secondary N) is 1. The third-order valence-electron chi connectivity index (χ3n) is 3.78. The lowest BCUT2D eigenvalue weighted by molar-refractivity contribution is 0.0953. The van der Waals surface area contributed by atoms with Crippen molar-refractivity contribution < 1.29 is 13.2 Å². The number of halogens is 1. The van der Waals surface area contributed by atoms with Crippen LogP contribution in [0, 0.1) is 0 Å². The summed E-state index contributed by atoms with van der Waals surface area (Å²) in [7, 11) is -3.65. The summed E-state index contributed by atoms with van der Waals surface area (Å²) in [6.45, 7) is -0.0526. The smallest absolute Gasteiger partial charge is 0.251 e. The fourth-order valence-corrected chi connectivity index (χ4v) is 5.43. The van der Waals surface area contributed by atoms with Gasteiger partial charge in [0.25, 0.3) is 5.91 Å². The molecular weight excluding hydrogens is 392 g/mol. The highest BCUT2D eigenvalue weighted by Gasteiger charge is 2.30. The van der Waals surface area contributed by atoms with Crippen molar-refractivity contribution in [1.29, 1.82) is 0 Å². The van der Waals surface area contributed by atoms with Crippen LogP contribution in [-0.4, -0.2) is 25.9 Å². The van der Waals surface area contributed by atoms with E-state index in [9.17, 15) is 13.2 Å². The summed E-state index contributed by atoms with van der Waals surface area (Å²) < 4.78 is 26.3. The first-order valence-corrected chi connectivity index (χ1v) is 10.5. The first kappa shape index (κ1) is 18.6. The van der Waals surface area contributed by atoms with Crippen LogP contribution in [0.25, 0.3) is 0 Å². The number of hydrogen-bond acceptors (Lipinski definition) is 5. The maximum Gasteiger partial charge on any atom is 0.251 e. The number of carbonyl (C=O) groups is 1. The Morgan fingerprint density at radius 3 is 2.42 bits per heavy atom. The Morgan fingerprint density at radius 1 is 1.12 bits per heavy atom. The van der Waals surface area contributed by atoms with Gasteiger partial charge in [-0.25, -0.2) is 8.42 Å². The Labute approximate surface area is 160 Å². The molecule has 0 spiro atoms. The van der Waals surface area contributed by atoms with Crippen LogP contribution in [0.5, 0.6) is 0 Å². The van der Waals surface area contributed by atoms with Crippen molar-refractivity contribution >= 4 is 38.7 Å². The van der Waals surface area contributed by atoms with E-state index in [1.165, 1.54) is 12.4 Å². The van der Waals surface area contributed by atoms with E-state index in [1.54, 1.807) is 53.9 Å². The zero-order valence-corrected chi connectivity index (χ0v) is 15.9. The number of hydrogen-bond donors (Lipinski definition) is 1. The van der Waals surface area contributed by atoms with Crippen molar-refractivity contribution in [2.24, 2.45) is 0 Å². The molecule has 0 saturated carbocycles. The molecule has 0 bridgehead atoms. The monoisotopic (exact) mass is 406 g/mol. The van der Waals surface area contributed by atoms with Crippen molar-refractivity contribution in [1.82, 2.24) is 10.3 Å². The zero-order valence-electron chi connectivity index (χ0n) is 13.5. The third-order valence-corrected chi connectivity index (χ3v) is 7.57. The number of aromatic nitrogens is 1. The van der Waals surface area contributed by atoms with Gasteiger partial charge in [-0.3, -0.25) is 9.78 Å². The molecule has 1 aromatic carbocycles. The van der Waals surface area contributed by atoms with Gasteiger partial charge in [-0.05, 0) is 41.3 Å². The zero-order chi connectivity index (χ0) is 18.6. The van der Waals surface area contributed by atoms with Crippen LogP contribution in [0.4, 0.5) is 0 Å². The van der Waals surface area contributed by atoms with Gasteiger partial charge in [0.05, 0.1) is 0 Å². The molecule has 8 heteroatoms. The fraction of sp³-hybridized carbons (Fsp3) is 0.111. The van der Waals surface area contributed by atoms with Gasteiger partial charge in [0, 0.05) is 29.5 Å². The molecule has 5 nitrogen and oxygen atoms in total. The first-order chi connectivity index (χ1) is 12.5. The number of pyridine rings is 1. The summed E-state index contributed by atoms with van der Waals surface area (Å²) in [5, 5.41) is 4.02. The molecule has 1 N–H and O–H groups in total. The number of carbonyl (C=O) groups excluding carboxylic acids is 1. The molecule has 3 rings (SSSR count). The summed E-state index contributed by atoms with van der Waals surface area (Å²) in [6, 6.07) is 13.0. The van der Waals surface area contributed by atoms with Gasteiger partial charge in [0.1, 0.15) is 9.46 Å². The molecule has 2 aromatic heterocycles. The largest absolute Gasteiger partial charge is 0.350 e. The molecule has 0 fully saturated rings. The predicted molar refractivity (Wildman–Crippen MR) is 102 cm³/mol. The molecule has 0 aliphatic carbocycles. The van der Waals surface area contributed by atoms with E-state index in [4.69, 9.17) is 11.6 Å². The van der Waals surface area contributed by atoms with Crippen LogP contribution in [0.3, 0.4) is 0 Å². The molecule has 0 unspecified atom stereocenters. The lowest BCUT2D eigenvalue weighted by Crippen LogP contribution is -2.31. The summed E-state index contributed by atoms with van der Waals surface area (Å²) in [6.07, 6.45) is 3.02. The fourth-order valence-electron chi connectivity index (χ4n) is 2.44. The summed E-state index contributed by atoms with van der Waals surface area (Å²) in [4.78, 5) is 16.2. The van der Waals surface area contributed by atoms with Crippen molar-refractivity contribution in [3.63, 3.8) is 0 Å². The average molecular weight is 407 g/mol. The van der Waals surface area contributed by atoms with E-state index >= 15 is 0 Å². The van der Waals surface area contributed by atoms with E-state index in [-0.39, 0.29) is 16.7 Å². The van der Waals surface area contributed by atoms with Crippen molar-refractivity contribution in [3.8, 4) is 0 Å². The minimum atomic E-state index is -3.65. The number of amides is 1. The highest BCUT2D eigenvalue weighted by atomic mass is 35.5. The standard InChI is InChI=1S/C18H15ClN2O3S2/c19-15-5-3-13(4-6-15)16(26(23,24)17-2-1-11-25-17)12-21-18(22)14-7-9-20-10-8-14/h1-11,16H,12H2,(H,21,22)/t16-/m0/s1. The third kappa shape index (κ3) is 4.12.